The van der Waals surface area contributed by atoms with Crippen molar-refractivity contribution in [3.05, 3.63) is 104 Å². The maximum Gasteiger partial charge on any atom is 0.322 e. The first-order valence-corrected chi connectivity index (χ1v) is 14.4. The molecule has 0 aliphatic heterocycles. The number of hydrogen-bond acceptors (Lipinski definition) is 5. The first-order valence-electron chi connectivity index (χ1n) is 13.2. The van der Waals surface area contributed by atoms with E-state index in [-0.39, 0.29) is 18.4 Å². The van der Waals surface area contributed by atoms with Crippen LogP contribution in [0.4, 0.5) is 0 Å². The number of carbonyl (C=O) groups excluding carboxylic acids is 1. The summed E-state index contributed by atoms with van der Waals surface area (Å²) in [7, 11) is 0. The van der Waals surface area contributed by atoms with E-state index in [0.717, 1.165) is 41.7 Å². The summed E-state index contributed by atoms with van der Waals surface area (Å²) in [6, 6.07) is 18.3. The van der Waals surface area contributed by atoms with Gasteiger partial charge in [0.05, 0.1) is 15.6 Å². The van der Waals surface area contributed by atoms with E-state index in [2.05, 4.69) is 10.5 Å². The largest absolute Gasteiger partial charge is 0.489 e. The molecule has 1 heterocycles. The monoisotopic (exact) mass is 610 g/mol. The number of halogens is 3. The van der Waals surface area contributed by atoms with Crippen LogP contribution >= 0.6 is 34.8 Å². The number of ether oxygens (including phenoxy) is 1. The molecule has 0 saturated heterocycles. The number of amides is 1. The van der Waals surface area contributed by atoms with E-state index < -0.39 is 18.4 Å². The second kappa shape index (κ2) is 11.4. The van der Waals surface area contributed by atoms with Crippen LogP contribution in [0.25, 0.3) is 11.3 Å². The van der Waals surface area contributed by atoms with Crippen LogP contribution in [-0.2, 0) is 11.4 Å². The second-order valence-electron chi connectivity index (χ2n) is 10.4. The number of rotatable bonds is 10. The van der Waals surface area contributed by atoms with Crippen LogP contribution in [-0.4, -0.2) is 28.7 Å². The van der Waals surface area contributed by atoms with E-state index in [9.17, 15) is 9.59 Å². The van der Waals surface area contributed by atoms with Gasteiger partial charge in [0.1, 0.15) is 30.4 Å². The van der Waals surface area contributed by atoms with Crippen molar-refractivity contribution in [3.8, 4) is 17.0 Å². The lowest BCUT2D eigenvalue weighted by Gasteiger charge is -2.11. The van der Waals surface area contributed by atoms with E-state index in [0.29, 0.717) is 43.6 Å². The molecule has 1 aromatic heterocycles. The molecule has 7 nitrogen and oxygen atoms in total. The lowest BCUT2D eigenvalue weighted by molar-refractivity contribution is -0.135. The van der Waals surface area contributed by atoms with Crippen molar-refractivity contribution in [3.63, 3.8) is 0 Å². The highest BCUT2D eigenvalue weighted by atomic mass is 35.5. The molecule has 2 saturated carbocycles. The molecule has 0 radical (unpaired) electrons. The molecular formula is C31H25Cl3N2O5. The molecule has 6 rings (SSSR count). The number of nitrogens with zero attached hydrogens (tertiary/aromatic N) is 1. The van der Waals surface area contributed by atoms with Gasteiger partial charge in [-0.1, -0.05) is 64.2 Å². The predicted octanol–water partition coefficient (Wildman–Crippen LogP) is 7.84. The highest BCUT2D eigenvalue weighted by Crippen LogP contribution is 2.56. The maximum atomic E-state index is 12.1. The highest BCUT2D eigenvalue weighted by Gasteiger charge is 2.40. The normalized spacial score (nSPS) is 17.7. The number of carbonyl (C=O) groups is 2. The summed E-state index contributed by atoms with van der Waals surface area (Å²) < 4.78 is 11.9. The van der Waals surface area contributed by atoms with Gasteiger partial charge in [0.25, 0.3) is 5.91 Å². The smallest absolute Gasteiger partial charge is 0.322 e. The summed E-state index contributed by atoms with van der Waals surface area (Å²) in [5.41, 5.74) is 4.63. The van der Waals surface area contributed by atoms with Crippen LogP contribution in [0.3, 0.4) is 0 Å². The Morgan fingerprint density at radius 1 is 0.976 bits per heavy atom. The number of carboxylic acid groups (broad SMARTS) is 1. The van der Waals surface area contributed by atoms with E-state index in [1.54, 1.807) is 30.3 Å². The number of carboxylic acids is 1. The Hall–Kier alpha value is -3.52. The van der Waals surface area contributed by atoms with Gasteiger partial charge in [-0.05, 0) is 78.6 Å². The van der Waals surface area contributed by atoms with Crippen LogP contribution in [0.1, 0.15) is 69.8 Å². The van der Waals surface area contributed by atoms with Gasteiger partial charge in [-0.3, -0.25) is 9.59 Å². The van der Waals surface area contributed by atoms with Crippen LogP contribution in [0.2, 0.25) is 15.1 Å². The average molecular weight is 612 g/mol. The molecule has 2 fully saturated rings. The third-order valence-electron chi connectivity index (χ3n) is 7.51. The average Bonchev–Trinajstić information content (AvgIpc) is 3.89. The van der Waals surface area contributed by atoms with Crippen molar-refractivity contribution >= 4 is 46.7 Å². The van der Waals surface area contributed by atoms with Gasteiger partial charge >= 0.3 is 5.97 Å². The molecule has 41 heavy (non-hydrogen) atoms. The number of nitrogens with one attached hydrogen (secondary N) is 1. The summed E-state index contributed by atoms with van der Waals surface area (Å²) >= 11 is 19.7. The Labute approximate surface area is 251 Å². The summed E-state index contributed by atoms with van der Waals surface area (Å²) in [6.07, 6.45) is 3.03. The number of benzene rings is 3. The molecular weight excluding hydrogens is 587 g/mol. The van der Waals surface area contributed by atoms with Gasteiger partial charge in [0, 0.05) is 22.1 Å². The van der Waals surface area contributed by atoms with Gasteiger partial charge in [-0.25, -0.2) is 0 Å². The molecule has 0 spiro atoms. The molecule has 210 valence electrons. The predicted molar refractivity (Wildman–Crippen MR) is 156 cm³/mol. The van der Waals surface area contributed by atoms with Gasteiger partial charge in [-0.15, -0.1) is 0 Å². The zero-order chi connectivity index (χ0) is 28.7. The van der Waals surface area contributed by atoms with Crippen LogP contribution < -0.4 is 10.1 Å². The van der Waals surface area contributed by atoms with E-state index in [1.807, 2.05) is 30.3 Å². The molecule has 2 N–H and O–H groups in total. The minimum absolute atomic E-state index is 0.236. The first kappa shape index (κ1) is 27.6. The van der Waals surface area contributed by atoms with Crippen LogP contribution in [0, 0.1) is 0 Å². The quantitative estimate of drug-likeness (QED) is 0.189. The van der Waals surface area contributed by atoms with Crippen molar-refractivity contribution in [2.75, 3.05) is 6.54 Å². The molecule has 0 bridgehead atoms. The molecule has 1 amide bonds. The Kier molecular flexibility index (Phi) is 7.68. The minimum atomic E-state index is -1.09. The van der Waals surface area contributed by atoms with E-state index >= 15 is 0 Å². The van der Waals surface area contributed by atoms with Crippen molar-refractivity contribution in [2.24, 2.45) is 0 Å². The summed E-state index contributed by atoms with van der Waals surface area (Å²) in [5, 5.41) is 17.0. The molecule has 2 aliphatic carbocycles. The standard InChI is InChI=1S/C31H25Cl3N2O5/c32-24-2-1-3-25(33)28(24)29-23(30(41-36-29)17-6-7-17)15-40-19-10-11-20(26(34)12-19)22-13-21(22)16-4-8-18(9-5-16)31(39)35-14-27(37)38/h1-5,8-12,17,21-22H,6-7,13-15H2,(H,35,39)(H,37,38). The van der Waals surface area contributed by atoms with Crippen LogP contribution in [0.5, 0.6) is 5.75 Å². The molecule has 4 aromatic rings. The Morgan fingerprint density at radius 3 is 2.37 bits per heavy atom. The van der Waals surface area contributed by atoms with E-state index in [4.69, 9.17) is 49.2 Å². The van der Waals surface area contributed by atoms with Gasteiger partial charge in [-0.2, -0.15) is 0 Å². The lowest BCUT2D eigenvalue weighted by atomic mass is 10.0. The van der Waals surface area contributed by atoms with Gasteiger partial charge in [0.2, 0.25) is 0 Å². The summed E-state index contributed by atoms with van der Waals surface area (Å²) in [5.74, 6) is 0.812. The molecule has 10 heteroatoms. The SMILES string of the molecule is O=C(O)CNC(=O)c1ccc(C2CC2c2ccc(OCc3c(-c4c(Cl)cccc4Cl)noc3C3CC3)cc2Cl)cc1. The van der Waals surface area contributed by atoms with Gasteiger partial charge in [0.15, 0.2) is 0 Å². The third kappa shape index (κ3) is 5.94. The Bertz CT molecular complexity index is 1610. The van der Waals surface area contributed by atoms with Crippen LogP contribution in [0.15, 0.2) is 65.2 Å². The Morgan fingerprint density at radius 2 is 1.71 bits per heavy atom. The fraction of sp³-hybridized carbons (Fsp3) is 0.258. The molecule has 2 atom stereocenters. The third-order valence-corrected chi connectivity index (χ3v) is 8.47. The molecule has 2 aliphatic rings. The molecule has 2 unspecified atom stereocenters. The summed E-state index contributed by atoms with van der Waals surface area (Å²) in [6.45, 7) is -0.179. The second-order valence-corrected chi connectivity index (χ2v) is 11.6. The topological polar surface area (TPSA) is 102 Å². The molecule has 3 aromatic carbocycles. The lowest BCUT2D eigenvalue weighted by Crippen LogP contribution is -2.29. The minimum Gasteiger partial charge on any atom is -0.489 e. The maximum absolute atomic E-state index is 12.1. The zero-order valence-electron chi connectivity index (χ0n) is 21.7. The fourth-order valence-electron chi connectivity index (χ4n) is 5.15. The fourth-order valence-corrected chi connectivity index (χ4v) is 6.04. The van der Waals surface area contributed by atoms with E-state index in [1.165, 1.54) is 0 Å². The Balaban J connectivity index is 1.14. The number of hydrogen-bond donors (Lipinski definition) is 2. The number of aliphatic carboxylic acids is 1. The van der Waals surface area contributed by atoms with Crippen molar-refractivity contribution in [1.29, 1.82) is 0 Å². The van der Waals surface area contributed by atoms with Crippen molar-refractivity contribution < 1.29 is 24.0 Å². The number of aromatic nitrogens is 1. The van der Waals surface area contributed by atoms with Gasteiger partial charge < -0.3 is 19.7 Å². The van der Waals surface area contributed by atoms with Crippen molar-refractivity contribution in [1.82, 2.24) is 10.5 Å². The summed E-state index contributed by atoms with van der Waals surface area (Å²) in [4.78, 5) is 22.8. The first-order chi connectivity index (χ1) is 19.8. The zero-order valence-corrected chi connectivity index (χ0v) is 24.0. The highest BCUT2D eigenvalue weighted by molar-refractivity contribution is 6.39. The van der Waals surface area contributed by atoms with Crippen molar-refractivity contribution in [2.45, 2.75) is 43.6 Å².